The SMILES string of the molecule is Cc1cccc2sc(NC(=O)CCC(=O)[O-])nc12. The number of rotatable bonds is 4. The van der Waals surface area contributed by atoms with Crippen LogP contribution in [0.15, 0.2) is 18.2 Å². The number of hydrogen-bond donors (Lipinski definition) is 1. The second kappa shape index (κ2) is 5.14. The molecule has 0 aliphatic rings. The van der Waals surface area contributed by atoms with Gasteiger partial charge in [-0.25, -0.2) is 4.98 Å². The Morgan fingerprint density at radius 1 is 1.39 bits per heavy atom. The van der Waals surface area contributed by atoms with E-state index >= 15 is 0 Å². The van der Waals surface area contributed by atoms with Crippen molar-refractivity contribution in [1.29, 1.82) is 0 Å². The van der Waals surface area contributed by atoms with E-state index in [2.05, 4.69) is 10.3 Å². The number of carbonyl (C=O) groups excluding carboxylic acids is 2. The highest BCUT2D eigenvalue weighted by atomic mass is 32.1. The standard InChI is InChI=1S/C12H12N2O3S/c1-7-3-2-4-8-11(7)14-12(18-8)13-9(15)5-6-10(16)17/h2-4H,5-6H2,1H3,(H,16,17)(H,13,14,15)/p-1. The molecule has 0 saturated heterocycles. The highest BCUT2D eigenvalue weighted by Crippen LogP contribution is 2.27. The summed E-state index contributed by atoms with van der Waals surface area (Å²) in [5.41, 5.74) is 1.90. The summed E-state index contributed by atoms with van der Waals surface area (Å²) in [4.78, 5) is 26.0. The molecular formula is C12H11N2O3S-. The number of aliphatic carboxylic acids is 1. The molecule has 1 N–H and O–H groups in total. The predicted octanol–water partition coefficient (Wildman–Crippen LogP) is 1.07. The number of para-hydroxylation sites is 1. The largest absolute Gasteiger partial charge is 0.550 e. The number of aromatic nitrogens is 1. The minimum Gasteiger partial charge on any atom is -0.550 e. The molecule has 0 aliphatic carbocycles. The van der Waals surface area contributed by atoms with Gasteiger partial charge in [0, 0.05) is 12.4 Å². The molecule has 0 bridgehead atoms. The fourth-order valence-corrected chi connectivity index (χ4v) is 2.50. The number of carboxylic acid groups (broad SMARTS) is 1. The Bertz CT molecular complexity index is 606. The lowest BCUT2D eigenvalue weighted by molar-refractivity contribution is -0.305. The van der Waals surface area contributed by atoms with Crippen LogP contribution in [0.25, 0.3) is 10.2 Å². The number of hydrogen-bond acceptors (Lipinski definition) is 5. The molecule has 2 rings (SSSR count). The first-order chi connectivity index (χ1) is 8.56. The van der Waals surface area contributed by atoms with E-state index in [1.807, 2.05) is 25.1 Å². The zero-order valence-electron chi connectivity index (χ0n) is 9.73. The Kier molecular flexibility index (Phi) is 3.57. The Hall–Kier alpha value is -1.95. The van der Waals surface area contributed by atoms with Crippen LogP contribution in [0.5, 0.6) is 0 Å². The van der Waals surface area contributed by atoms with Crippen molar-refractivity contribution >= 4 is 38.6 Å². The first-order valence-electron chi connectivity index (χ1n) is 5.42. The number of thiazole rings is 1. The number of benzene rings is 1. The van der Waals surface area contributed by atoms with Crippen LogP contribution >= 0.6 is 11.3 Å². The number of amides is 1. The molecule has 6 heteroatoms. The van der Waals surface area contributed by atoms with Crippen molar-refractivity contribution in [3.8, 4) is 0 Å². The molecule has 0 atom stereocenters. The summed E-state index contributed by atoms with van der Waals surface area (Å²) in [7, 11) is 0. The zero-order valence-corrected chi connectivity index (χ0v) is 10.5. The molecule has 0 fully saturated rings. The van der Waals surface area contributed by atoms with E-state index in [0.29, 0.717) is 5.13 Å². The Balaban J connectivity index is 2.10. The molecule has 0 spiro atoms. The summed E-state index contributed by atoms with van der Waals surface area (Å²) in [6.07, 6.45) is -0.382. The van der Waals surface area contributed by atoms with Gasteiger partial charge >= 0.3 is 0 Å². The van der Waals surface area contributed by atoms with Crippen LogP contribution in [0.3, 0.4) is 0 Å². The van der Waals surface area contributed by atoms with Crippen molar-refractivity contribution in [2.45, 2.75) is 19.8 Å². The van der Waals surface area contributed by atoms with Crippen molar-refractivity contribution < 1.29 is 14.7 Å². The monoisotopic (exact) mass is 263 g/mol. The molecule has 0 saturated carbocycles. The van der Waals surface area contributed by atoms with Gasteiger partial charge in [-0.2, -0.15) is 0 Å². The first kappa shape index (κ1) is 12.5. The lowest BCUT2D eigenvalue weighted by atomic mass is 10.2. The molecular weight excluding hydrogens is 252 g/mol. The van der Waals surface area contributed by atoms with Gasteiger partial charge in [0.1, 0.15) is 0 Å². The summed E-state index contributed by atoms with van der Waals surface area (Å²) < 4.78 is 0.991. The maximum atomic E-state index is 11.4. The highest BCUT2D eigenvalue weighted by molar-refractivity contribution is 7.22. The maximum Gasteiger partial charge on any atom is 0.226 e. The van der Waals surface area contributed by atoms with E-state index in [1.165, 1.54) is 11.3 Å². The van der Waals surface area contributed by atoms with Gasteiger partial charge in [0.2, 0.25) is 5.91 Å². The quantitative estimate of drug-likeness (QED) is 0.894. The van der Waals surface area contributed by atoms with Crippen LogP contribution in [0, 0.1) is 6.92 Å². The van der Waals surface area contributed by atoms with Crippen molar-refractivity contribution in [2.75, 3.05) is 5.32 Å². The van der Waals surface area contributed by atoms with Gasteiger partial charge in [-0.3, -0.25) is 4.79 Å². The molecule has 1 heterocycles. The number of carbonyl (C=O) groups is 2. The van der Waals surface area contributed by atoms with Crippen LogP contribution in [-0.4, -0.2) is 16.9 Å². The lowest BCUT2D eigenvalue weighted by Gasteiger charge is -2.01. The van der Waals surface area contributed by atoms with Crippen molar-refractivity contribution in [3.05, 3.63) is 23.8 Å². The van der Waals surface area contributed by atoms with Gasteiger partial charge in [-0.05, 0) is 25.0 Å². The van der Waals surface area contributed by atoms with E-state index < -0.39 is 5.97 Å². The lowest BCUT2D eigenvalue weighted by Crippen LogP contribution is -2.24. The minimum atomic E-state index is -1.23. The first-order valence-corrected chi connectivity index (χ1v) is 6.24. The minimum absolute atomic E-state index is 0.1000. The predicted molar refractivity (Wildman–Crippen MR) is 67.2 cm³/mol. The van der Waals surface area contributed by atoms with E-state index in [4.69, 9.17) is 0 Å². The smallest absolute Gasteiger partial charge is 0.226 e. The van der Waals surface area contributed by atoms with Crippen molar-refractivity contribution in [2.24, 2.45) is 0 Å². The zero-order chi connectivity index (χ0) is 13.1. The normalized spacial score (nSPS) is 10.5. The van der Waals surface area contributed by atoms with E-state index in [0.717, 1.165) is 15.8 Å². The van der Waals surface area contributed by atoms with Gasteiger partial charge in [-0.1, -0.05) is 23.5 Å². The second-order valence-corrected chi connectivity index (χ2v) is 4.89. The molecule has 0 aliphatic heterocycles. The molecule has 5 nitrogen and oxygen atoms in total. The van der Waals surface area contributed by atoms with Gasteiger partial charge < -0.3 is 15.2 Å². The van der Waals surface area contributed by atoms with E-state index in [1.54, 1.807) is 0 Å². The average Bonchev–Trinajstić information content (AvgIpc) is 2.70. The fraction of sp³-hybridized carbons (Fsp3) is 0.250. The molecule has 2 aromatic rings. The Morgan fingerprint density at radius 3 is 2.83 bits per heavy atom. The highest BCUT2D eigenvalue weighted by Gasteiger charge is 2.08. The molecule has 94 valence electrons. The number of anilines is 1. The van der Waals surface area contributed by atoms with Crippen molar-refractivity contribution in [3.63, 3.8) is 0 Å². The summed E-state index contributed by atoms with van der Waals surface area (Å²) in [6.45, 7) is 1.95. The summed E-state index contributed by atoms with van der Waals surface area (Å²) in [5, 5.41) is 13.3. The molecule has 1 amide bonds. The third-order valence-corrected chi connectivity index (χ3v) is 3.36. The fourth-order valence-electron chi connectivity index (χ4n) is 1.54. The number of carboxylic acids is 1. The topological polar surface area (TPSA) is 82.1 Å². The van der Waals surface area contributed by atoms with E-state index in [-0.39, 0.29) is 18.7 Å². The molecule has 0 unspecified atom stereocenters. The average molecular weight is 263 g/mol. The van der Waals surface area contributed by atoms with Crippen LogP contribution in [0.1, 0.15) is 18.4 Å². The summed E-state index contributed by atoms with van der Waals surface area (Å²) in [5.74, 6) is -1.60. The van der Waals surface area contributed by atoms with Crippen molar-refractivity contribution in [1.82, 2.24) is 4.98 Å². The Morgan fingerprint density at radius 2 is 2.17 bits per heavy atom. The van der Waals surface area contributed by atoms with E-state index in [9.17, 15) is 14.7 Å². The molecule has 1 aromatic carbocycles. The molecule has 18 heavy (non-hydrogen) atoms. The molecule has 1 aromatic heterocycles. The van der Waals surface area contributed by atoms with Crippen LogP contribution in [-0.2, 0) is 9.59 Å². The summed E-state index contributed by atoms with van der Waals surface area (Å²) in [6, 6.07) is 5.80. The van der Waals surface area contributed by atoms with Crippen LogP contribution < -0.4 is 10.4 Å². The maximum absolute atomic E-state index is 11.4. The number of nitrogens with zero attached hydrogens (tertiary/aromatic N) is 1. The van der Waals surface area contributed by atoms with Gasteiger partial charge in [-0.15, -0.1) is 0 Å². The number of fused-ring (bicyclic) bond motifs is 1. The van der Waals surface area contributed by atoms with Gasteiger partial charge in [0.05, 0.1) is 10.2 Å². The number of nitrogens with one attached hydrogen (secondary N) is 1. The third-order valence-electron chi connectivity index (χ3n) is 2.42. The number of aryl methyl sites for hydroxylation is 1. The summed E-state index contributed by atoms with van der Waals surface area (Å²) >= 11 is 1.37. The Labute approximate surface area is 107 Å². The molecule has 0 radical (unpaired) electrons. The van der Waals surface area contributed by atoms with Gasteiger partial charge in [0.25, 0.3) is 0 Å². The van der Waals surface area contributed by atoms with Gasteiger partial charge in [0.15, 0.2) is 5.13 Å². The van der Waals surface area contributed by atoms with Crippen LogP contribution in [0.4, 0.5) is 5.13 Å². The third kappa shape index (κ3) is 2.84. The second-order valence-electron chi connectivity index (χ2n) is 3.86. The van der Waals surface area contributed by atoms with Crippen LogP contribution in [0.2, 0.25) is 0 Å².